The van der Waals surface area contributed by atoms with Crippen molar-refractivity contribution in [2.75, 3.05) is 14.2 Å². The molecular formula is C15H16O3. The molecule has 0 aliphatic heterocycles. The molecule has 3 heteroatoms. The van der Waals surface area contributed by atoms with Gasteiger partial charge in [-0.1, -0.05) is 24.3 Å². The number of hydrogen-bond acceptors (Lipinski definition) is 3. The monoisotopic (exact) mass is 244 g/mol. The maximum absolute atomic E-state index is 10.3. The molecule has 0 fully saturated rings. The molecule has 0 saturated heterocycles. The van der Waals surface area contributed by atoms with Gasteiger partial charge >= 0.3 is 0 Å². The lowest BCUT2D eigenvalue weighted by atomic mass is 10.0. The van der Waals surface area contributed by atoms with Gasteiger partial charge in [0.05, 0.1) is 14.2 Å². The summed E-state index contributed by atoms with van der Waals surface area (Å²) in [5.41, 5.74) is 1.59. The number of benzene rings is 2. The van der Waals surface area contributed by atoms with E-state index in [1.807, 2.05) is 48.5 Å². The van der Waals surface area contributed by atoms with Gasteiger partial charge in [0.25, 0.3) is 0 Å². The first-order chi connectivity index (χ1) is 8.74. The first kappa shape index (κ1) is 12.5. The van der Waals surface area contributed by atoms with E-state index in [1.165, 1.54) is 0 Å². The molecule has 0 radical (unpaired) electrons. The second kappa shape index (κ2) is 5.56. The highest BCUT2D eigenvalue weighted by Crippen LogP contribution is 2.27. The minimum absolute atomic E-state index is 0.685. The lowest BCUT2D eigenvalue weighted by Crippen LogP contribution is -2.00. The smallest absolute Gasteiger partial charge is 0.119 e. The van der Waals surface area contributed by atoms with Crippen molar-refractivity contribution in [2.45, 2.75) is 6.10 Å². The molecule has 0 aliphatic carbocycles. The molecule has 0 aliphatic rings. The summed E-state index contributed by atoms with van der Waals surface area (Å²) in [6, 6.07) is 14.8. The van der Waals surface area contributed by atoms with Crippen LogP contribution in [0.25, 0.3) is 0 Å². The molecule has 0 amide bonds. The Bertz CT molecular complexity index is 475. The Labute approximate surface area is 107 Å². The van der Waals surface area contributed by atoms with Crippen molar-refractivity contribution in [1.82, 2.24) is 0 Å². The first-order valence-electron chi connectivity index (χ1n) is 5.70. The first-order valence-corrected chi connectivity index (χ1v) is 5.70. The normalized spacial score (nSPS) is 10.4. The minimum atomic E-state index is -0.685. The van der Waals surface area contributed by atoms with Crippen molar-refractivity contribution >= 4 is 0 Å². The van der Waals surface area contributed by atoms with Crippen molar-refractivity contribution in [2.24, 2.45) is 0 Å². The number of aliphatic hydroxyl groups excluding tert-OH is 1. The van der Waals surface area contributed by atoms with Crippen LogP contribution >= 0.6 is 0 Å². The molecule has 0 aromatic heterocycles. The minimum Gasteiger partial charge on any atom is -0.497 e. The van der Waals surface area contributed by atoms with E-state index in [0.717, 1.165) is 22.6 Å². The molecule has 2 rings (SSSR count). The lowest BCUT2D eigenvalue weighted by Gasteiger charge is -2.13. The summed E-state index contributed by atoms with van der Waals surface area (Å²) in [6.07, 6.45) is -0.685. The van der Waals surface area contributed by atoms with Gasteiger partial charge in [-0.15, -0.1) is 0 Å². The fourth-order valence-corrected chi connectivity index (χ4v) is 1.82. The van der Waals surface area contributed by atoms with Crippen molar-refractivity contribution in [3.63, 3.8) is 0 Å². The third kappa shape index (κ3) is 2.63. The average molecular weight is 244 g/mol. The Balaban J connectivity index is 2.31. The van der Waals surface area contributed by atoms with Gasteiger partial charge in [-0.3, -0.25) is 0 Å². The fraction of sp³-hybridized carbons (Fsp3) is 0.200. The van der Waals surface area contributed by atoms with Gasteiger partial charge in [0, 0.05) is 0 Å². The van der Waals surface area contributed by atoms with Crippen LogP contribution in [0.1, 0.15) is 17.2 Å². The van der Waals surface area contributed by atoms with E-state index in [0.29, 0.717) is 0 Å². The van der Waals surface area contributed by atoms with Crippen LogP contribution in [-0.2, 0) is 0 Å². The third-order valence-corrected chi connectivity index (χ3v) is 2.82. The average Bonchev–Trinajstić information content (AvgIpc) is 2.46. The van der Waals surface area contributed by atoms with Crippen LogP contribution in [0, 0.1) is 0 Å². The molecule has 18 heavy (non-hydrogen) atoms. The second-order valence-electron chi connectivity index (χ2n) is 3.96. The Hall–Kier alpha value is -2.00. The number of methoxy groups -OCH3 is 2. The van der Waals surface area contributed by atoms with E-state index >= 15 is 0 Å². The zero-order chi connectivity index (χ0) is 13.0. The van der Waals surface area contributed by atoms with E-state index in [9.17, 15) is 5.11 Å². The number of rotatable bonds is 4. The Morgan fingerprint density at radius 1 is 0.833 bits per heavy atom. The molecule has 1 N–H and O–H groups in total. The van der Waals surface area contributed by atoms with Gasteiger partial charge < -0.3 is 14.6 Å². The van der Waals surface area contributed by atoms with E-state index in [1.54, 1.807) is 14.2 Å². The predicted molar refractivity (Wildman–Crippen MR) is 70.0 cm³/mol. The summed E-state index contributed by atoms with van der Waals surface area (Å²) in [4.78, 5) is 0. The molecule has 2 aromatic carbocycles. The fourth-order valence-electron chi connectivity index (χ4n) is 1.82. The van der Waals surface area contributed by atoms with Crippen LogP contribution in [0.2, 0.25) is 0 Å². The predicted octanol–water partition coefficient (Wildman–Crippen LogP) is 2.79. The van der Waals surface area contributed by atoms with E-state index in [-0.39, 0.29) is 0 Å². The van der Waals surface area contributed by atoms with E-state index in [2.05, 4.69) is 0 Å². The van der Waals surface area contributed by atoms with Crippen LogP contribution in [-0.4, -0.2) is 19.3 Å². The highest BCUT2D eigenvalue weighted by atomic mass is 16.5. The SMILES string of the molecule is COc1cccc(C(O)c2cccc(OC)c2)c1. The molecule has 94 valence electrons. The quantitative estimate of drug-likeness (QED) is 0.898. The summed E-state index contributed by atoms with van der Waals surface area (Å²) >= 11 is 0. The summed E-state index contributed by atoms with van der Waals surface area (Å²) in [5, 5.41) is 10.3. The van der Waals surface area contributed by atoms with Gasteiger partial charge in [0.1, 0.15) is 17.6 Å². The Kier molecular flexibility index (Phi) is 3.85. The van der Waals surface area contributed by atoms with E-state index in [4.69, 9.17) is 9.47 Å². The zero-order valence-electron chi connectivity index (χ0n) is 10.5. The topological polar surface area (TPSA) is 38.7 Å². The molecule has 2 aromatic rings. The number of aliphatic hydroxyl groups is 1. The standard InChI is InChI=1S/C15H16O3/c1-17-13-7-3-5-11(9-13)15(16)12-6-4-8-14(10-12)18-2/h3-10,15-16H,1-2H3. The second-order valence-corrected chi connectivity index (χ2v) is 3.96. The summed E-state index contributed by atoms with van der Waals surface area (Å²) in [5.74, 6) is 1.46. The van der Waals surface area contributed by atoms with Crippen LogP contribution in [0.5, 0.6) is 11.5 Å². The summed E-state index contributed by atoms with van der Waals surface area (Å²) in [7, 11) is 3.22. The zero-order valence-corrected chi connectivity index (χ0v) is 10.5. The molecule has 0 atom stereocenters. The number of ether oxygens (including phenoxy) is 2. The molecule has 0 unspecified atom stereocenters. The highest BCUT2D eigenvalue weighted by Gasteiger charge is 2.11. The highest BCUT2D eigenvalue weighted by molar-refractivity contribution is 5.38. The van der Waals surface area contributed by atoms with Crippen LogP contribution in [0.3, 0.4) is 0 Å². The van der Waals surface area contributed by atoms with Crippen LogP contribution in [0.4, 0.5) is 0 Å². The van der Waals surface area contributed by atoms with Crippen molar-refractivity contribution in [3.8, 4) is 11.5 Å². The van der Waals surface area contributed by atoms with Gasteiger partial charge in [0.15, 0.2) is 0 Å². The molecule has 0 heterocycles. The summed E-state index contributed by atoms with van der Waals surface area (Å²) < 4.78 is 10.3. The molecule has 0 spiro atoms. The van der Waals surface area contributed by atoms with Gasteiger partial charge in [0.2, 0.25) is 0 Å². The largest absolute Gasteiger partial charge is 0.497 e. The third-order valence-electron chi connectivity index (χ3n) is 2.82. The lowest BCUT2D eigenvalue weighted by molar-refractivity contribution is 0.219. The molecule has 3 nitrogen and oxygen atoms in total. The van der Waals surface area contributed by atoms with Crippen LogP contribution < -0.4 is 9.47 Å². The summed E-state index contributed by atoms with van der Waals surface area (Å²) in [6.45, 7) is 0. The van der Waals surface area contributed by atoms with Crippen molar-refractivity contribution in [1.29, 1.82) is 0 Å². The molecular weight excluding hydrogens is 228 g/mol. The molecule has 0 saturated carbocycles. The van der Waals surface area contributed by atoms with Gasteiger partial charge in [-0.2, -0.15) is 0 Å². The van der Waals surface area contributed by atoms with E-state index < -0.39 is 6.10 Å². The van der Waals surface area contributed by atoms with Gasteiger partial charge in [-0.05, 0) is 35.4 Å². The maximum Gasteiger partial charge on any atom is 0.119 e. The number of hydrogen-bond donors (Lipinski definition) is 1. The van der Waals surface area contributed by atoms with Crippen molar-refractivity contribution < 1.29 is 14.6 Å². The Morgan fingerprint density at radius 2 is 1.28 bits per heavy atom. The molecule has 0 bridgehead atoms. The van der Waals surface area contributed by atoms with Gasteiger partial charge in [-0.25, -0.2) is 0 Å². The van der Waals surface area contributed by atoms with Crippen molar-refractivity contribution in [3.05, 3.63) is 59.7 Å². The Morgan fingerprint density at radius 3 is 1.67 bits per heavy atom. The maximum atomic E-state index is 10.3. The van der Waals surface area contributed by atoms with Crippen LogP contribution in [0.15, 0.2) is 48.5 Å².